The van der Waals surface area contributed by atoms with E-state index in [0.717, 1.165) is 35.9 Å². The summed E-state index contributed by atoms with van der Waals surface area (Å²) in [6.45, 7) is 8.35. The maximum Gasteiger partial charge on any atom is 0.348 e. The highest BCUT2D eigenvalue weighted by Gasteiger charge is 2.53. The fraction of sp³-hybridized carbons (Fsp3) is 0.500. The van der Waals surface area contributed by atoms with E-state index in [1.807, 2.05) is 51.1 Å². The average molecular weight is 684 g/mol. The molecule has 0 atom stereocenters. The van der Waals surface area contributed by atoms with Gasteiger partial charge in [-0.25, -0.2) is 17.6 Å². The van der Waals surface area contributed by atoms with Gasteiger partial charge in [-0.2, -0.15) is 9.98 Å². The SMILES string of the molecule is C1CCCCC1.CC.CCC1(C#N)CC(CC)(COc2cc3c(cc2-c2cc(F)c(C(=O)O)s2)S(=O)(=O)NCN3c2ccccc2)C1. The molecule has 0 saturated heterocycles. The van der Waals surface area contributed by atoms with Gasteiger partial charge in [-0.05, 0) is 49.9 Å². The number of carbonyl (C=O) groups is 1. The van der Waals surface area contributed by atoms with Crippen molar-refractivity contribution in [2.75, 3.05) is 18.2 Å². The molecule has 47 heavy (non-hydrogen) atoms. The van der Waals surface area contributed by atoms with E-state index in [4.69, 9.17) is 4.74 Å². The minimum Gasteiger partial charge on any atom is -0.492 e. The molecule has 2 aliphatic carbocycles. The highest BCUT2D eigenvalue weighted by Crippen LogP contribution is 2.58. The van der Waals surface area contributed by atoms with Crippen molar-refractivity contribution in [2.45, 2.75) is 96.8 Å². The number of halogens is 1. The van der Waals surface area contributed by atoms with Crippen LogP contribution in [0, 0.1) is 28.0 Å². The number of para-hydroxylation sites is 1. The van der Waals surface area contributed by atoms with Crippen LogP contribution in [-0.2, 0) is 10.0 Å². The average Bonchev–Trinajstić information content (AvgIpc) is 3.48. The second kappa shape index (κ2) is 15.6. The number of sulfonamides is 1. The Morgan fingerprint density at radius 1 is 1.04 bits per heavy atom. The number of benzene rings is 2. The monoisotopic (exact) mass is 683 g/mol. The lowest BCUT2D eigenvalue weighted by molar-refractivity contribution is -0.0403. The van der Waals surface area contributed by atoms with Crippen molar-refractivity contribution < 1.29 is 27.4 Å². The molecule has 3 aliphatic rings. The fourth-order valence-electron chi connectivity index (χ4n) is 6.62. The molecule has 3 aromatic rings. The lowest BCUT2D eigenvalue weighted by Gasteiger charge is -2.52. The molecule has 254 valence electrons. The Morgan fingerprint density at radius 2 is 1.66 bits per heavy atom. The number of rotatable bonds is 8. The minimum atomic E-state index is -3.90. The van der Waals surface area contributed by atoms with Gasteiger partial charge >= 0.3 is 5.97 Å². The second-order valence-corrected chi connectivity index (χ2v) is 15.1. The Morgan fingerprint density at radius 3 is 2.17 bits per heavy atom. The van der Waals surface area contributed by atoms with Crippen molar-refractivity contribution in [1.82, 2.24) is 4.72 Å². The predicted molar refractivity (Wildman–Crippen MR) is 185 cm³/mol. The van der Waals surface area contributed by atoms with Gasteiger partial charge in [-0.1, -0.05) is 84.4 Å². The molecule has 6 rings (SSSR count). The van der Waals surface area contributed by atoms with Crippen LogP contribution >= 0.6 is 11.3 Å². The molecular weight excluding hydrogens is 638 g/mol. The number of carboxylic acid groups (broad SMARTS) is 1. The molecule has 1 aliphatic heterocycles. The largest absolute Gasteiger partial charge is 0.492 e. The van der Waals surface area contributed by atoms with Gasteiger partial charge in [-0.3, -0.25) is 0 Å². The number of anilines is 2. The number of hydrogen-bond acceptors (Lipinski definition) is 7. The van der Waals surface area contributed by atoms with E-state index in [9.17, 15) is 28.0 Å². The highest BCUT2D eigenvalue weighted by molar-refractivity contribution is 7.89. The third kappa shape index (κ3) is 7.99. The summed E-state index contributed by atoms with van der Waals surface area (Å²) in [7, 11) is -3.90. The molecule has 2 fully saturated rings. The number of nitrogens with zero attached hydrogens (tertiary/aromatic N) is 2. The molecule has 0 amide bonds. The quantitative estimate of drug-likeness (QED) is 0.243. The van der Waals surface area contributed by atoms with Crippen LogP contribution in [0.1, 0.15) is 102 Å². The van der Waals surface area contributed by atoms with Gasteiger partial charge in [0.1, 0.15) is 21.3 Å². The van der Waals surface area contributed by atoms with E-state index in [1.165, 1.54) is 44.6 Å². The van der Waals surface area contributed by atoms with Gasteiger partial charge in [0.05, 0.1) is 30.4 Å². The number of thiophene rings is 1. The van der Waals surface area contributed by atoms with Crippen LogP contribution in [0.4, 0.5) is 15.8 Å². The van der Waals surface area contributed by atoms with Gasteiger partial charge in [0.15, 0.2) is 0 Å². The Labute approximate surface area is 282 Å². The third-order valence-corrected chi connectivity index (χ3v) is 11.9. The Bertz CT molecular complexity index is 1660. The number of carboxylic acids is 1. The first kappa shape index (κ1) is 36.4. The second-order valence-electron chi connectivity index (χ2n) is 12.3. The normalized spacial score (nSPS) is 22.6. The van der Waals surface area contributed by atoms with E-state index < -0.39 is 26.7 Å². The van der Waals surface area contributed by atoms with Crippen LogP contribution in [0.15, 0.2) is 53.4 Å². The number of nitrogens with one attached hydrogen (secondary N) is 1. The smallest absolute Gasteiger partial charge is 0.348 e. The predicted octanol–water partition coefficient (Wildman–Crippen LogP) is 9.50. The highest BCUT2D eigenvalue weighted by atomic mass is 32.2. The summed E-state index contributed by atoms with van der Waals surface area (Å²) in [5.74, 6) is -1.98. The molecule has 2 heterocycles. The summed E-state index contributed by atoms with van der Waals surface area (Å²) >= 11 is 0.722. The van der Waals surface area contributed by atoms with Crippen molar-refractivity contribution in [3.63, 3.8) is 0 Å². The van der Waals surface area contributed by atoms with E-state index in [2.05, 4.69) is 17.7 Å². The standard InChI is InChI=1S/C28H28FN3O5S2.C6H12.C2H6/c1-3-27(15-30)13-28(4-2,14-27)16-37-22-12-21-24(10-19(22)23-11-20(29)25(38-23)26(33)34)39(35,36)31-17-32(21)18-8-6-5-7-9-18;1-2-4-6-5-3-1;1-2/h5-12,31H,3-4,13-14,16-17H2,1-2H3,(H,33,34);1-6H2;1-2H3. The lowest BCUT2D eigenvalue weighted by atomic mass is 9.51. The summed E-state index contributed by atoms with van der Waals surface area (Å²) in [5.41, 5.74) is 0.848. The molecule has 8 nitrogen and oxygen atoms in total. The molecular formula is C36H46FN3O5S2. The van der Waals surface area contributed by atoms with Crippen LogP contribution in [-0.4, -0.2) is 32.8 Å². The zero-order valence-electron chi connectivity index (χ0n) is 27.8. The Hall–Kier alpha value is -3.46. The molecule has 2 saturated carbocycles. The van der Waals surface area contributed by atoms with E-state index in [1.54, 1.807) is 11.0 Å². The molecule has 0 unspecified atom stereocenters. The number of ether oxygens (including phenoxy) is 1. The number of nitriles is 1. The Balaban J connectivity index is 0.000000554. The van der Waals surface area contributed by atoms with E-state index >= 15 is 0 Å². The van der Waals surface area contributed by atoms with Crippen molar-refractivity contribution >= 4 is 38.7 Å². The van der Waals surface area contributed by atoms with Gasteiger partial charge < -0.3 is 14.7 Å². The topological polar surface area (TPSA) is 120 Å². The molecule has 0 radical (unpaired) electrons. The maximum absolute atomic E-state index is 14.5. The van der Waals surface area contributed by atoms with Crippen LogP contribution < -0.4 is 14.4 Å². The van der Waals surface area contributed by atoms with Crippen molar-refractivity contribution in [1.29, 1.82) is 5.26 Å². The van der Waals surface area contributed by atoms with Crippen molar-refractivity contribution in [3.05, 3.63) is 59.2 Å². The fourth-order valence-corrected chi connectivity index (χ4v) is 8.69. The van der Waals surface area contributed by atoms with Crippen molar-refractivity contribution in [2.24, 2.45) is 10.8 Å². The number of hydrogen-bond donors (Lipinski definition) is 2. The molecule has 11 heteroatoms. The molecule has 1 aromatic heterocycles. The molecule has 2 aromatic carbocycles. The zero-order chi connectivity index (χ0) is 34.2. The summed E-state index contributed by atoms with van der Waals surface area (Å²) in [6, 6.07) is 15.9. The summed E-state index contributed by atoms with van der Waals surface area (Å²) in [5, 5.41) is 19.1. The number of fused-ring (bicyclic) bond motifs is 1. The van der Waals surface area contributed by atoms with Gasteiger partial charge in [0.2, 0.25) is 10.0 Å². The van der Waals surface area contributed by atoms with Gasteiger partial charge in [0, 0.05) is 27.6 Å². The summed E-state index contributed by atoms with van der Waals surface area (Å²) in [6.07, 6.45) is 11.9. The zero-order valence-corrected chi connectivity index (χ0v) is 29.4. The first-order valence-corrected chi connectivity index (χ1v) is 18.9. The molecule has 0 spiro atoms. The van der Waals surface area contributed by atoms with Gasteiger partial charge in [-0.15, -0.1) is 11.3 Å². The first-order chi connectivity index (χ1) is 22.6. The summed E-state index contributed by atoms with van der Waals surface area (Å²) < 4.78 is 49.7. The third-order valence-electron chi connectivity index (χ3n) is 9.39. The van der Waals surface area contributed by atoms with E-state index in [0.29, 0.717) is 24.3 Å². The minimum absolute atomic E-state index is 0.00894. The van der Waals surface area contributed by atoms with Crippen LogP contribution in [0.25, 0.3) is 10.4 Å². The van der Waals surface area contributed by atoms with Crippen LogP contribution in [0.3, 0.4) is 0 Å². The van der Waals surface area contributed by atoms with E-state index in [-0.39, 0.29) is 39.4 Å². The molecule has 0 bridgehead atoms. The lowest BCUT2D eigenvalue weighted by Crippen LogP contribution is -2.48. The number of aromatic carboxylic acids is 1. The van der Waals surface area contributed by atoms with Crippen LogP contribution in [0.2, 0.25) is 0 Å². The molecule has 2 N–H and O–H groups in total. The maximum atomic E-state index is 14.5. The van der Waals surface area contributed by atoms with Crippen molar-refractivity contribution in [3.8, 4) is 22.3 Å². The van der Waals surface area contributed by atoms with Gasteiger partial charge in [0.25, 0.3) is 0 Å². The van der Waals surface area contributed by atoms with Crippen LogP contribution in [0.5, 0.6) is 5.75 Å². The first-order valence-electron chi connectivity index (χ1n) is 16.6. The Kier molecular flexibility index (Phi) is 12.1. The summed E-state index contributed by atoms with van der Waals surface area (Å²) in [4.78, 5) is 13.1.